The van der Waals surface area contributed by atoms with Crippen molar-refractivity contribution in [2.75, 3.05) is 20.2 Å². The third kappa shape index (κ3) is 4.42. The summed E-state index contributed by atoms with van der Waals surface area (Å²) < 4.78 is 0. The van der Waals surface area contributed by atoms with Crippen LogP contribution in [-0.4, -0.2) is 41.1 Å². The molecular formula is C16H16N2O2S. The minimum atomic E-state index is -0.174. The summed E-state index contributed by atoms with van der Waals surface area (Å²) in [6.07, 6.45) is 4.30. The molecule has 0 spiro atoms. The van der Waals surface area contributed by atoms with Gasteiger partial charge in [-0.05, 0) is 30.2 Å². The van der Waals surface area contributed by atoms with Crippen molar-refractivity contribution in [3.8, 4) is 11.8 Å². The van der Waals surface area contributed by atoms with Crippen LogP contribution in [0.5, 0.6) is 0 Å². The lowest BCUT2D eigenvalue weighted by Gasteiger charge is -2.16. The Balaban J connectivity index is 1.94. The van der Waals surface area contributed by atoms with Crippen LogP contribution < -0.4 is 0 Å². The first-order valence-corrected chi connectivity index (χ1v) is 7.41. The molecule has 0 radical (unpaired) electrons. The van der Waals surface area contributed by atoms with E-state index in [0.29, 0.717) is 12.1 Å². The molecule has 0 aliphatic rings. The summed E-state index contributed by atoms with van der Waals surface area (Å²) in [6.45, 7) is 0.476. The maximum absolute atomic E-state index is 12.3. The number of nitrogens with zero attached hydrogens (tertiary/aromatic N) is 2. The van der Waals surface area contributed by atoms with E-state index >= 15 is 0 Å². The highest BCUT2D eigenvalue weighted by Gasteiger charge is 2.13. The Labute approximate surface area is 128 Å². The molecular weight excluding hydrogens is 284 g/mol. The van der Waals surface area contributed by atoms with Gasteiger partial charge in [-0.25, -0.2) is 0 Å². The number of likely N-dealkylation sites (N-methyl/N-ethyl adjacent to an activating group) is 1. The number of pyridine rings is 1. The van der Waals surface area contributed by atoms with Crippen molar-refractivity contribution in [2.45, 2.75) is 6.42 Å². The number of carbonyl (C=O) groups is 1. The normalized spacial score (nSPS) is 9.81. The number of carbonyl (C=O) groups excluding carboxylic acids is 1. The third-order valence-electron chi connectivity index (χ3n) is 2.97. The predicted molar refractivity (Wildman–Crippen MR) is 83.2 cm³/mol. The SMILES string of the molecule is CN(CCc1ccncc1)C(=O)c1csc(C#CCO)c1. The van der Waals surface area contributed by atoms with E-state index in [2.05, 4.69) is 16.8 Å². The first kappa shape index (κ1) is 15.2. The van der Waals surface area contributed by atoms with Crippen LogP contribution in [0.1, 0.15) is 20.8 Å². The zero-order chi connectivity index (χ0) is 15.1. The molecule has 0 aliphatic heterocycles. The Bertz CT molecular complexity index is 656. The predicted octanol–water partition coefficient (Wildman–Crippen LogP) is 1.80. The van der Waals surface area contributed by atoms with Crippen molar-refractivity contribution < 1.29 is 9.90 Å². The number of hydrogen-bond donors (Lipinski definition) is 1. The monoisotopic (exact) mass is 300 g/mol. The Hall–Kier alpha value is -2.16. The largest absolute Gasteiger partial charge is 0.384 e. The Morgan fingerprint density at radius 1 is 1.43 bits per heavy atom. The molecule has 0 aliphatic carbocycles. The van der Waals surface area contributed by atoms with Crippen LogP contribution in [0.4, 0.5) is 0 Å². The van der Waals surface area contributed by atoms with Crippen LogP contribution in [0.3, 0.4) is 0 Å². The molecule has 2 aromatic rings. The molecule has 0 saturated carbocycles. The molecule has 108 valence electrons. The highest BCUT2D eigenvalue weighted by Crippen LogP contribution is 2.15. The molecule has 4 nitrogen and oxygen atoms in total. The molecule has 5 heteroatoms. The van der Waals surface area contributed by atoms with Crippen molar-refractivity contribution in [2.24, 2.45) is 0 Å². The van der Waals surface area contributed by atoms with Gasteiger partial charge in [-0.15, -0.1) is 11.3 Å². The number of amides is 1. The average Bonchev–Trinajstić information content (AvgIpc) is 2.99. The second kappa shape index (κ2) is 7.58. The van der Waals surface area contributed by atoms with Gasteiger partial charge in [0.25, 0.3) is 5.91 Å². The fourth-order valence-electron chi connectivity index (χ4n) is 1.81. The van der Waals surface area contributed by atoms with E-state index in [9.17, 15) is 4.79 Å². The van der Waals surface area contributed by atoms with Crippen molar-refractivity contribution >= 4 is 17.2 Å². The highest BCUT2D eigenvalue weighted by molar-refractivity contribution is 7.10. The quantitative estimate of drug-likeness (QED) is 0.876. The summed E-state index contributed by atoms with van der Waals surface area (Å²) in [5.74, 6) is 5.37. The summed E-state index contributed by atoms with van der Waals surface area (Å²) >= 11 is 1.41. The topological polar surface area (TPSA) is 53.4 Å². The fraction of sp³-hybridized carbons (Fsp3) is 0.250. The number of hydrogen-bond acceptors (Lipinski definition) is 4. The fourth-order valence-corrected chi connectivity index (χ4v) is 2.56. The standard InChI is InChI=1S/C16H16N2O2S/c1-18(9-6-13-4-7-17-8-5-13)16(20)14-11-15(21-12-14)3-2-10-19/h4-5,7-8,11-12,19H,6,9-10H2,1H3. The number of aliphatic hydroxyl groups excluding tert-OH is 1. The van der Waals surface area contributed by atoms with E-state index in [1.54, 1.807) is 35.8 Å². The molecule has 1 N–H and O–H groups in total. The molecule has 21 heavy (non-hydrogen) atoms. The van der Waals surface area contributed by atoms with Gasteiger partial charge in [-0.2, -0.15) is 0 Å². The van der Waals surface area contributed by atoms with Gasteiger partial charge in [0.1, 0.15) is 6.61 Å². The minimum Gasteiger partial charge on any atom is -0.384 e. The molecule has 0 saturated heterocycles. The van der Waals surface area contributed by atoms with Crippen molar-refractivity contribution in [1.29, 1.82) is 0 Å². The summed E-state index contributed by atoms with van der Waals surface area (Å²) in [5.41, 5.74) is 1.80. The van der Waals surface area contributed by atoms with Crippen LogP contribution in [0.15, 0.2) is 36.0 Å². The molecule has 2 heterocycles. The van der Waals surface area contributed by atoms with E-state index in [1.807, 2.05) is 12.1 Å². The van der Waals surface area contributed by atoms with Crippen molar-refractivity contribution in [1.82, 2.24) is 9.88 Å². The van der Waals surface area contributed by atoms with Gasteiger partial charge in [0.05, 0.1) is 10.4 Å². The van der Waals surface area contributed by atoms with Gasteiger partial charge >= 0.3 is 0 Å². The lowest BCUT2D eigenvalue weighted by molar-refractivity contribution is 0.0797. The van der Waals surface area contributed by atoms with Gasteiger partial charge in [-0.1, -0.05) is 11.8 Å². The van der Waals surface area contributed by atoms with Crippen LogP contribution in [0.2, 0.25) is 0 Å². The minimum absolute atomic E-state index is 0.0163. The first-order valence-electron chi connectivity index (χ1n) is 6.53. The zero-order valence-corrected chi connectivity index (χ0v) is 12.6. The van der Waals surface area contributed by atoms with Gasteiger partial charge < -0.3 is 10.0 Å². The number of aromatic nitrogens is 1. The lowest BCUT2D eigenvalue weighted by Crippen LogP contribution is -2.28. The third-order valence-corrected chi connectivity index (χ3v) is 3.81. The van der Waals surface area contributed by atoms with E-state index in [-0.39, 0.29) is 12.5 Å². The van der Waals surface area contributed by atoms with E-state index < -0.39 is 0 Å². The summed E-state index contributed by atoms with van der Waals surface area (Å²) in [4.78, 5) is 18.7. The second-order valence-electron chi connectivity index (χ2n) is 4.49. The average molecular weight is 300 g/mol. The van der Waals surface area contributed by atoms with Crippen LogP contribution >= 0.6 is 11.3 Å². The molecule has 2 rings (SSSR count). The Morgan fingerprint density at radius 2 is 2.19 bits per heavy atom. The smallest absolute Gasteiger partial charge is 0.254 e. The molecule has 0 atom stereocenters. The molecule has 0 fully saturated rings. The molecule has 0 aromatic carbocycles. The lowest BCUT2D eigenvalue weighted by atomic mass is 10.2. The maximum Gasteiger partial charge on any atom is 0.254 e. The number of rotatable bonds is 4. The number of aliphatic hydroxyl groups is 1. The Kier molecular flexibility index (Phi) is 5.50. The van der Waals surface area contributed by atoms with E-state index in [4.69, 9.17) is 5.11 Å². The molecule has 0 unspecified atom stereocenters. The summed E-state index contributed by atoms with van der Waals surface area (Å²) in [5, 5.41) is 10.5. The van der Waals surface area contributed by atoms with E-state index in [0.717, 1.165) is 16.9 Å². The second-order valence-corrected chi connectivity index (χ2v) is 5.40. The first-order chi connectivity index (χ1) is 10.2. The van der Waals surface area contributed by atoms with Gasteiger partial charge in [-0.3, -0.25) is 9.78 Å². The molecule has 2 aromatic heterocycles. The van der Waals surface area contributed by atoms with Crippen LogP contribution in [0.25, 0.3) is 0 Å². The zero-order valence-electron chi connectivity index (χ0n) is 11.7. The van der Waals surface area contributed by atoms with Gasteiger partial charge in [0.15, 0.2) is 0 Å². The number of thiophene rings is 1. The highest BCUT2D eigenvalue weighted by atomic mass is 32.1. The van der Waals surface area contributed by atoms with Gasteiger partial charge in [0.2, 0.25) is 0 Å². The van der Waals surface area contributed by atoms with Crippen LogP contribution in [-0.2, 0) is 6.42 Å². The van der Waals surface area contributed by atoms with Gasteiger partial charge in [0, 0.05) is 31.4 Å². The molecule has 1 amide bonds. The summed E-state index contributed by atoms with van der Waals surface area (Å²) in [6, 6.07) is 5.66. The molecule has 0 bridgehead atoms. The Morgan fingerprint density at radius 3 is 2.90 bits per heavy atom. The maximum atomic E-state index is 12.3. The van der Waals surface area contributed by atoms with Crippen LogP contribution in [0, 0.1) is 11.8 Å². The van der Waals surface area contributed by atoms with Crippen molar-refractivity contribution in [3.05, 3.63) is 52.0 Å². The van der Waals surface area contributed by atoms with Crippen molar-refractivity contribution in [3.63, 3.8) is 0 Å². The van der Waals surface area contributed by atoms with E-state index in [1.165, 1.54) is 11.3 Å². The summed E-state index contributed by atoms with van der Waals surface area (Å²) in [7, 11) is 1.79.